The molecule has 0 saturated heterocycles. The van der Waals surface area contributed by atoms with E-state index in [-0.39, 0.29) is 16.4 Å². The Labute approximate surface area is 245 Å². The van der Waals surface area contributed by atoms with Gasteiger partial charge in [0.25, 0.3) is 10.1 Å². The summed E-state index contributed by atoms with van der Waals surface area (Å²) < 4.78 is 31.9. The molecule has 0 amide bonds. The largest absolute Gasteiger partial charge is 0.297 e. The van der Waals surface area contributed by atoms with Gasteiger partial charge in [-0.2, -0.15) is 8.42 Å². The molecule has 3 fully saturated rings. The number of fused-ring (bicyclic) bond motifs is 5. The van der Waals surface area contributed by atoms with Gasteiger partial charge in [-0.1, -0.05) is 83.0 Å². The van der Waals surface area contributed by atoms with Crippen LogP contribution in [0.3, 0.4) is 0 Å². The van der Waals surface area contributed by atoms with Gasteiger partial charge in [0.15, 0.2) is 0 Å². The molecule has 0 heterocycles. The molecule has 3 saturated carbocycles. The summed E-state index contributed by atoms with van der Waals surface area (Å²) in [5.74, 6) is 5.13. The van der Waals surface area contributed by atoms with E-state index in [1.165, 1.54) is 37.7 Å². The maximum Gasteiger partial charge on any atom is 0.297 e. The molecule has 0 N–H and O–H groups in total. The molecule has 4 aliphatic carbocycles. The lowest BCUT2D eigenvalue weighted by Crippen LogP contribution is -2.51. The third kappa shape index (κ3) is 5.41. The lowest BCUT2D eigenvalue weighted by Gasteiger charge is -2.58. The standard InChI is InChI=1S/C36H54O3S/c1-8-27(24(2)3)12-11-26(5)32-17-18-33-31-16-13-28-23-29(39-40(37,38)30-14-9-25(4)10-15-30)19-21-35(28,6)34(31)20-22-36(32,33)7/h9-15,24,26-27,29,31-34H,8,16-23H2,1-7H3. The Hall–Kier alpha value is -1.39. The van der Waals surface area contributed by atoms with Gasteiger partial charge in [-0.3, -0.25) is 4.18 Å². The van der Waals surface area contributed by atoms with E-state index >= 15 is 0 Å². The number of hydrogen-bond acceptors (Lipinski definition) is 3. The smallest absolute Gasteiger partial charge is 0.263 e. The molecule has 0 aliphatic heterocycles. The van der Waals surface area contributed by atoms with Crippen molar-refractivity contribution >= 4 is 10.1 Å². The van der Waals surface area contributed by atoms with Crippen LogP contribution in [0.4, 0.5) is 0 Å². The Balaban J connectivity index is 1.28. The van der Waals surface area contributed by atoms with Crippen molar-refractivity contribution in [2.75, 3.05) is 0 Å². The van der Waals surface area contributed by atoms with Gasteiger partial charge < -0.3 is 0 Å². The second kappa shape index (κ2) is 11.4. The lowest BCUT2D eigenvalue weighted by atomic mass is 9.47. The number of allylic oxidation sites excluding steroid dienone is 3. The minimum atomic E-state index is -3.74. The molecule has 9 unspecified atom stereocenters. The number of hydrogen-bond donors (Lipinski definition) is 0. The minimum Gasteiger partial charge on any atom is -0.263 e. The van der Waals surface area contributed by atoms with Crippen LogP contribution in [0.1, 0.15) is 105 Å². The summed E-state index contributed by atoms with van der Waals surface area (Å²) in [4.78, 5) is 0.268. The molecule has 4 heteroatoms. The fourth-order valence-electron chi connectivity index (χ4n) is 9.84. The first-order chi connectivity index (χ1) is 18.9. The van der Waals surface area contributed by atoms with Crippen molar-refractivity contribution in [3.05, 3.63) is 53.6 Å². The SMILES string of the molecule is CCC(C=CC(C)C1CCC2C3CC=C4CC(OS(=O)(=O)c5ccc(C)cc5)CCC4(C)C3CCC12C)C(C)C. The van der Waals surface area contributed by atoms with Gasteiger partial charge in [-0.05, 0) is 129 Å². The van der Waals surface area contributed by atoms with E-state index in [4.69, 9.17) is 4.18 Å². The van der Waals surface area contributed by atoms with Crippen LogP contribution in [0, 0.1) is 59.2 Å². The molecule has 0 aromatic heterocycles. The first-order valence-corrected chi connectivity index (χ1v) is 17.7. The topological polar surface area (TPSA) is 43.4 Å². The highest BCUT2D eigenvalue weighted by molar-refractivity contribution is 7.86. The zero-order valence-corrected chi connectivity index (χ0v) is 27.0. The van der Waals surface area contributed by atoms with Crippen LogP contribution in [-0.4, -0.2) is 14.5 Å². The van der Waals surface area contributed by atoms with Gasteiger partial charge in [0, 0.05) is 0 Å². The quantitative estimate of drug-likeness (QED) is 0.232. The van der Waals surface area contributed by atoms with E-state index in [1.807, 2.05) is 19.1 Å². The van der Waals surface area contributed by atoms with Gasteiger partial charge in [-0.15, -0.1) is 0 Å². The van der Waals surface area contributed by atoms with Crippen LogP contribution >= 0.6 is 0 Å². The maximum absolute atomic E-state index is 13.0. The van der Waals surface area contributed by atoms with Crippen LogP contribution in [-0.2, 0) is 14.3 Å². The molecule has 0 radical (unpaired) electrons. The second-order valence-corrected chi connectivity index (χ2v) is 16.3. The minimum absolute atomic E-state index is 0.187. The Morgan fingerprint density at radius 3 is 2.38 bits per heavy atom. The predicted molar refractivity (Wildman–Crippen MR) is 165 cm³/mol. The van der Waals surface area contributed by atoms with E-state index < -0.39 is 10.1 Å². The lowest BCUT2D eigenvalue weighted by molar-refractivity contribution is -0.0523. The van der Waals surface area contributed by atoms with Crippen molar-refractivity contribution in [1.82, 2.24) is 0 Å². The fraction of sp³-hybridized carbons (Fsp3) is 0.722. The van der Waals surface area contributed by atoms with Crippen LogP contribution in [0.2, 0.25) is 0 Å². The van der Waals surface area contributed by atoms with E-state index in [0.29, 0.717) is 23.2 Å². The molecule has 222 valence electrons. The first kappa shape index (κ1) is 30.1. The number of aryl methyl sites for hydroxylation is 1. The normalized spacial score (nSPS) is 37.5. The molecule has 4 aliphatic rings. The monoisotopic (exact) mass is 566 g/mol. The summed E-state index contributed by atoms with van der Waals surface area (Å²) in [5, 5.41) is 0. The van der Waals surface area contributed by atoms with Crippen molar-refractivity contribution in [3.63, 3.8) is 0 Å². The molecular weight excluding hydrogens is 512 g/mol. The molecule has 5 rings (SSSR count). The fourth-order valence-corrected chi connectivity index (χ4v) is 10.9. The molecule has 0 spiro atoms. The summed E-state index contributed by atoms with van der Waals surface area (Å²) in [6, 6.07) is 7.01. The molecule has 40 heavy (non-hydrogen) atoms. The molecule has 1 aromatic rings. The Bertz CT molecular complexity index is 1210. The highest BCUT2D eigenvalue weighted by atomic mass is 32.2. The van der Waals surface area contributed by atoms with Crippen molar-refractivity contribution < 1.29 is 12.6 Å². The Morgan fingerprint density at radius 1 is 0.975 bits per heavy atom. The molecule has 3 nitrogen and oxygen atoms in total. The molecular formula is C36H54O3S. The Kier molecular flexibility index (Phi) is 8.54. The summed E-state index contributed by atoms with van der Waals surface area (Å²) in [7, 11) is -3.74. The van der Waals surface area contributed by atoms with Gasteiger partial charge in [0.1, 0.15) is 0 Å². The third-order valence-electron chi connectivity index (χ3n) is 12.3. The van der Waals surface area contributed by atoms with E-state index in [9.17, 15) is 8.42 Å². The van der Waals surface area contributed by atoms with Gasteiger partial charge >= 0.3 is 0 Å². The van der Waals surface area contributed by atoms with E-state index in [2.05, 4.69) is 59.8 Å². The predicted octanol–water partition coefficient (Wildman–Crippen LogP) is 9.52. The Morgan fingerprint density at radius 2 is 1.70 bits per heavy atom. The maximum atomic E-state index is 13.0. The summed E-state index contributed by atoms with van der Waals surface area (Å²) >= 11 is 0. The average Bonchev–Trinajstić information content (AvgIpc) is 3.26. The molecule has 1 aromatic carbocycles. The van der Waals surface area contributed by atoms with E-state index in [0.717, 1.165) is 54.9 Å². The highest BCUT2D eigenvalue weighted by Gasteiger charge is 2.59. The third-order valence-corrected chi connectivity index (χ3v) is 13.7. The summed E-state index contributed by atoms with van der Waals surface area (Å²) in [5.41, 5.74) is 3.15. The highest BCUT2D eigenvalue weighted by Crippen LogP contribution is 2.67. The van der Waals surface area contributed by atoms with Crippen LogP contribution < -0.4 is 0 Å². The van der Waals surface area contributed by atoms with E-state index in [1.54, 1.807) is 12.1 Å². The number of benzene rings is 1. The van der Waals surface area contributed by atoms with Crippen molar-refractivity contribution in [3.8, 4) is 0 Å². The van der Waals surface area contributed by atoms with Gasteiger partial charge in [0.05, 0.1) is 11.0 Å². The van der Waals surface area contributed by atoms with Gasteiger partial charge in [0.2, 0.25) is 0 Å². The van der Waals surface area contributed by atoms with Crippen LogP contribution in [0.25, 0.3) is 0 Å². The zero-order valence-electron chi connectivity index (χ0n) is 26.2. The average molecular weight is 567 g/mol. The van der Waals surface area contributed by atoms with Gasteiger partial charge in [-0.25, -0.2) is 0 Å². The van der Waals surface area contributed by atoms with Crippen LogP contribution in [0.5, 0.6) is 0 Å². The summed E-state index contributed by atoms with van der Waals surface area (Å²) in [6.07, 6.45) is 17.8. The van der Waals surface area contributed by atoms with Crippen molar-refractivity contribution in [1.29, 1.82) is 0 Å². The molecule has 0 bridgehead atoms. The summed E-state index contributed by atoms with van der Waals surface area (Å²) in [6.45, 7) is 16.6. The van der Waals surface area contributed by atoms with Crippen molar-refractivity contribution in [2.45, 2.75) is 117 Å². The number of rotatable bonds is 8. The second-order valence-electron chi connectivity index (χ2n) is 14.8. The van der Waals surface area contributed by atoms with Crippen LogP contribution in [0.15, 0.2) is 53.0 Å². The first-order valence-electron chi connectivity index (χ1n) is 16.3. The van der Waals surface area contributed by atoms with Crippen molar-refractivity contribution in [2.24, 2.45) is 52.3 Å². The molecule has 9 atom stereocenters. The zero-order chi connectivity index (χ0) is 28.9.